The number of Topliss-reactive ketones (excluding diaryl/α,β-unsaturated/α-hetero) is 1. The number of hydrogen-bond acceptors (Lipinski definition) is 4. The van der Waals surface area contributed by atoms with Crippen LogP contribution in [0.3, 0.4) is 0 Å². The second-order valence-corrected chi connectivity index (χ2v) is 7.15. The molecular formula is C17H12ClF3N2OS. The second-order valence-electron chi connectivity index (χ2n) is 5.43. The predicted octanol–water partition coefficient (Wildman–Crippen LogP) is 4.87. The van der Waals surface area contributed by atoms with Crippen LogP contribution in [-0.2, 0) is 0 Å². The van der Waals surface area contributed by atoms with Crippen molar-refractivity contribution in [1.29, 1.82) is 0 Å². The van der Waals surface area contributed by atoms with E-state index in [1.54, 1.807) is 30.3 Å². The van der Waals surface area contributed by atoms with Gasteiger partial charge in [-0.05, 0) is 24.3 Å². The van der Waals surface area contributed by atoms with Gasteiger partial charge in [0.05, 0.1) is 6.42 Å². The average molecular weight is 385 g/mol. The summed E-state index contributed by atoms with van der Waals surface area (Å²) in [6.07, 6.45) is -5.44. The Hall–Kier alpha value is -1.99. The normalized spacial score (nSPS) is 20.1. The van der Waals surface area contributed by atoms with E-state index in [2.05, 4.69) is 10.5 Å². The van der Waals surface area contributed by atoms with Crippen LogP contribution >= 0.6 is 23.4 Å². The molecule has 3 rings (SSSR count). The summed E-state index contributed by atoms with van der Waals surface area (Å²) in [5.41, 5.74) is 2.88. The van der Waals surface area contributed by atoms with Gasteiger partial charge in [-0.25, -0.2) is 0 Å². The van der Waals surface area contributed by atoms with Crippen LogP contribution < -0.4 is 5.43 Å². The zero-order chi connectivity index (χ0) is 18.1. The molecule has 0 amide bonds. The number of carbonyl (C=O) groups is 1. The van der Waals surface area contributed by atoms with Crippen LogP contribution in [-0.4, -0.2) is 21.9 Å². The highest BCUT2D eigenvalue weighted by molar-refractivity contribution is 8.15. The first-order valence-corrected chi connectivity index (χ1v) is 8.45. The Labute approximate surface area is 151 Å². The molecule has 1 atom stereocenters. The molecule has 1 heterocycles. The van der Waals surface area contributed by atoms with Crippen LogP contribution in [0.1, 0.15) is 22.3 Å². The molecule has 1 aliphatic rings. The molecule has 1 N–H and O–H groups in total. The first-order valence-electron chi connectivity index (χ1n) is 7.25. The lowest BCUT2D eigenvalue weighted by Gasteiger charge is -2.29. The summed E-state index contributed by atoms with van der Waals surface area (Å²) in [5, 5.41) is 4.43. The fourth-order valence-electron chi connectivity index (χ4n) is 2.32. The Morgan fingerprint density at radius 1 is 1.12 bits per heavy atom. The van der Waals surface area contributed by atoms with E-state index in [-0.39, 0.29) is 10.6 Å². The summed E-state index contributed by atoms with van der Waals surface area (Å²) in [5.74, 6) is -0.640. The lowest BCUT2D eigenvalue weighted by atomic mass is 10.0. The van der Waals surface area contributed by atoms with Gasteiger partial charge in [0.25, 0.3) is 0 Å². The highest BCUT2D eigenvalue weighted by Crippen LogP contribution is 2.47. The molecule has 2 aromatic carbocycles. The molecule has 8 heteroatoms. The maximum absolute atomic E-state index is 13.7. The summed E-state index contributed by atoms with van der Waals surface area (Å²) >= 11 is 6.26. The summed E-state index contributed by atoms with van der Waals surface area (Å²) < 4.78 is 41.1. The third-order valence-electron chi connectivity index (χ3n) is 3.66. The number of hydrogen-bond donors (Lipinski definition) is 1. The van der Waals surface area contributed by atoms with Gasteiger partial charge in [-0.15, -0.1) is 0 Å². The van der Waals surface area contributed by atoms with Crippen molar-refractivity contribution in [3.63, 3.8) is 0 Å². The Balaban J connectivity index is 1.84. The Bertz CT molecular complexity index is 809. The van der Waals surface area contributed by atoms with Crippen molar-refractivity contribution in [3.8, 4) is 0 Å². The number of thioether (sulfide) groups is 1. The third-order valence-corrected chi connectivity index (χ3v) is 5.25. The zero-order valence-corrected chi connectivity index (χ0v) is 14.3. The molecule has 0 unspecified atom stereocenters. The van der Waals surface area contributed by atoms with Gasteiger partial charge in [-0.3, -0.25) is 10.2 Å². The molecule has 0 aliphatic carbocycles. The van der Waals surface area contributed by atoms with E-state index in [0.717, 1.165) is 0 Å². The minimum Gasteiger partial charge on any atom is -0.294 e. The quantitative estimate of drug-likeness (QED) is 0.765. The van der Waals surface area contributed by atoms with Crippen LogP contribution in [0.5, 0.6) is 0 Å². The first kappa shape index (κ1) is 17.8. The topological polar surface area (TPSA) is 41.5 Å². The molecule has 0 saturated carbocycles. The molecular weight excluding hydrogens is 373 g/mol. The number of hydrazone groups is 1. The van der Waals surface area contributed by atoms with Crippen LogP contribution in [0.25, 0.3) is 0 Å². The van der Waals surface area contributed by atoms with Gasteiger partial charge < -0.3 is 0 Å². The summed E-state index contributed by atoms with van der Waals surface area (Å²) in [6, 6.07) is 14.3. The van der Waals surface area contributed by atoms with Gasteiger partial charge in [0.15, 0.2) is 5.78 Å². The van der Waals surface area contributed by atoms with Crippen molar-refractivity contribution in [2.24, 2.45) is 5.10 Å². The smallest absolute Gasteiger partial charge is 0.294 e. The number of nitrogens with one attached hydrogen (secondary N) is 1. The number of ketones is 1. The number of benzene rings is 2. The maximum atomic E-state index is 13.7. The summed E-state index contributed by atoms with van der Waals surface area (Å²) in [7, 11) is 0. The first-order chi connectivity index (χ1) is 11.8. The highest BCUT2D eigenvalue weighted by Gasteiger charge is 2.60. The fraction of sp³-hybridized carbons (Fsp3) is 0.176. The van der Waals surface area contributed by atoms with E-state index in [4.69, 9.17) is 11.6 Å². The van der Waals surface area contributed by atoms with Gasteiger partial charge in [-0.2, -0.15) is 18.3 Å². The fourth-order valence-corrected chi connectivity index (χ4v) is 3.53. The molecule has 0 aromatic heterocycles. The largest absolute Gasteiger partial charge is 0.423 e. The van der Waals surface area contributed by atoms with Crippen molar-refractivity contribution >= 4 is 34.2 Å². The van der Waals surface area contributed by atoms with Crippen LogP contribution in [0.2, 0.25) is 5.02 Å². The summed E-state index contributed by atoms with van der Waals surface area (Å²) in [6.45, 7) is 0. The van der Waals surface area contributed by atoms with E-state index >= 15 is 0 Å². The monoisotopic (exact) mass is 384 g/mol. The Morgan fingerprint density at radius 2 is 1.76 bits per heavy atom. The van der Waals surface area contributed by atoms with E-state index in [1.165, 1.54) is 24.3 Å². The molecule has 0 radical (unpaired) electrons. The van der Waals surface area contributed by atoms with Crippen molar-refractivity contribution in [3.05, 3.63) is 70.7 Å². The SMILES string of the molecule is O=C(C[C@@]1(C(F)(F)F)NN=C(c2ccccc2)S1)c1ccc(Cl)cc1. The molecule has 0 saturated heterocycles. The molecule has 0 bridgehead atoms. The molecule has 130 valence electrons. The van der Waals surface area contributed by atoms with E-state index in [9.17, 15) is 18.0 Å². The second kappa shape index (κ2) is 6.72. The van der Waals surface area contributed by atoms with E-state index in [1.807, 2.05) is 0 Å². The number of halogens is 4. The number of alkyl halides is 3. The standard InChI is InChI=1S/C17H12ClF3N2OS/c18-13-8-6-11(7-9-13)14(24)10-16(17(19,20)21)23-22-15(25-16)12-4-2-1-3-5-12/h1-9,23H,10H2/t16-/m1/s1. The van der Waals surface area contributed by atoms with E-state index < -0.39 is 23.3 Å². The van der Waals surface area contributed by atoms with Gasteiger partial charge in [0.2, 0.25) is 4.87 Å². The van der Waals surface area contributed by atoms with Gasteiger partial charge in [0.1, 0.15) is 5.04 Å². The highest BCUT2D eigenvalue weighted by atomic mass is 35.5. The molecule has 3 nitrogen and oxygen atoms in total. The van der Waals surface area contributed by atoms with Crippen molar-refractivity contribution in [2.45, 2.75) is 17.5 Å². The van der Waals surface area contributed by atoms with Gasteiger partial charge >= 0.3 is 6.18 Å². The zero-order valence-electron chi connectivity index (χ0n) is 12.7. The molecule has 25 heavy (non-hydrogen) atoms. The van der Waals surface area contributed by atoms with E-state index in [0.29, 0.717) is 22.3 Å². The molecule has 0 spiro atoms. The molecule has 0 fully saturated rings. The minimum absolute atomic E-state index is 0.170. The number of rotatable bonds is 4. The van der Waals surface area contributed by atoms with Crippen molar-refractivity contribution in [1.82, 2.24) is 5.43 Å². The van der Waals surface area contributed by atoms with Gasteiger partial charge in [0, 0.05) is 16.1 Å². The van der Waals surface area contributed by atoms with Gasteiger partial charge in [-0.1, -0.05) is 53.7 Å². The summed E-state index contributed by atoms with van der Waals surface area (Å²) in [4.78, 5) is 9.87. The average Bonchev–Trinajstić information content (AvgIpc) is 3.01. The van der Waals surface area contributed by atoms with Crippen LogP contribution in [0, 0.1) is 0 Å². The Kier molecular flexibility index (Phi) is 4.79. The molecule has 2 aromatic rings. The molecule has 1 aliphatic heterocycles. The predicted molar refractivity (Wildman–Crippen MR) is 92.9 cm³/mol. The number of carbonyl (C=O) groups excluding carboxylic acids is 1. The Morgan fingerprint density at radius 3 is 2.36 bits per heavy atom. The third kappa shape index (κ3) is 3.67. The number of nitrogens with zero attached hydrogens (tertiary/aromatic N) is 1. The minimum atomic E-state index is -4.67. The van der Waals surface area contributed by atoms with Crippen molar-refractivity contribution < 1.29 is 18.0 Å². The van der Waals surface area contributed by atoms with Crippen molar-refractivity contribution in [2.75, 3.05) is 0 Å². The lowest BCUT2D eigenvalue weighted by Crippen LogP contribution is -2.51. The lowest BCUT2D eigenvalue weighted by molar-refractivity contribution is -0.165. The maximum Gasteiger partial charge on any atom is 0.423 e. The van der Waals surface area contributed by atoms with Crippen LogP contribution in [0.4, 0.5) is 13.2 Å². The van der Waals surface area contributed by atoms with Crippen LogP contribution in [0.15, 0.2) is 59.7 Å².